The van der Waals surface area contributed by atoms with Gasteiger partial charge in [-0.25, -0.2) is 4.98 Å². The first-order valence-electron chi connectivity index (χ1n) is 10.5. The molecule has 7 nitrogen and oxygen atoms in total. The summed E-state index contributed by atoms with van der Waals surface area (Å²) in [7, 11) is 0. The van der Waals surface area contributed by atoms with Gasteiger partial charge in [-0.15, -0.1) is 0 Å². The van der Waals surface area contributed by atoms with Crippen molar-refractivity contribution < 1.29 is 27.6 Å². The van der Waals surface area contributed by atoms with Crippen molar-refractivity contribution in [3.63, 3.8) is 0 Å². The number of imidazole rings is 1. The van der Waals surface area contributed by atoms with E-state index in [1.807, 2.05) is 34.9 Å². The molecule has 0 aliphatic carbocycles. The summed E-state index contributed by atoms with van der Waals surface area (Å²) in [5, 5.41) is 11.9. The summed E-state index contributed by atoms with van der Waals surface area (Å²) in [6.07, 6.45) is -4.48. The van der Waals surface area contributed by atoms with Crippen LogP contribution in [0.4, 0.5) is 18.9 Å². The SMILES string of the molecule is O=[N+]([O-])c1cc2c(c(CSc3nc4cc(C(F)(F)F)ccc4n3Cc3ccccc3)c1)OCOC2. The summed E-state index contributed by atoms with van der Waals surface area (Å²) in [6.45, 7) is 0.638. The summed E-state index contributed by atoms with van der Waals surface area (Å²) in [4.78, 5) is 15.4. The number of fused-ring (bicyclic) bond motifs is 2. The number of thioether (sulfide) groups is 1. The minimum absolute atomic E-state index is 0.0369. The zero-order valence-electron chi connectivity index (χ0n) is 18.1. The summed E-state index contributed by atoms with van der Waals surface area (Å²) in [5.41, 5.74) is 2.07. The van der Waals surface area contributed by atoms with Gasteiger partial charge in [-0.3, -0.25) is 10.1 Å². The first-order chi connectivity index (χ1) is 16.8. The molecule has 0 bridgehead atoms. The maximum atomic E-state index is 13.3. The number of nitrogens with zero attached hydrogens (tertiary/aromatic N) is 3. The number of hydrogen-bond acceptors (Lipinski definition) is 6. The van der Waals surface area contributed by atoms with Crippen LogP contribution in [0.3, 0.4) is 0 Å². The fourth-order valence-electron chi connectivity index (χ4n) is 3.95. The topological polar surface area (TPSA) is 79.4 Å². The fraction of sp³-hybridized carbons (Fsp3) is 0.208. The molecule has 180 valence electrons. The second kappa shape index (κ2) is 9.23. The van der Waals surface area contributed by atoms with Gasteiger partial charge in [-0.2, -0.15) is 13.2 Å². The Kier molecular flexibility index (Phi) is 6.12. The molecule has 35 heavy (non-hydrogen) atoms. The van der Waals surface area contributed by atoms with Gasteiger partial charge >= 0.3 is 6.18 Å². The zero-order chi connectivity index (χ0) is 24.6. The van der Waals surface area contributed by atoms with Crippen LogP contribution in [-0.2, 0) is 29.8 Å². The number of nitro groups is 1. The Bertz CT molecular complexity index is 1410. The standard InChI is InChI=1S/C24H18F3N3O4S/c25-24(26,27)18-6-7-21-20(10-18)28-23(29(21)11-15-4-2-1-3-5-15)35-13-17-9-19(30(31)32)8-16-12-33-14-34-22(16)17/h1-10H,11-14H2. The van der Waals surface area contributed by atoms with Crippen LogP contribution >= 0.6 is 11.8 Å². The lowest BCUT2D eigenvalue weighted by Crippen LogP contribution is -2.13. The van der Waals surface area contributed by atoms with E-state index in [0.29, 0.717) is 34.1 Å². The first-order valence-corrected chi connectivity index (χ1v) is 11.5. The first kappa shape index (κ1) is 23.2. The van der Waals surface area contributed by atoms with Gasteiger partial charge in [0, 0.05) is 29.0 Å². The third-order valence-electron chi connectivity index (χ3n) is 5.56. The highest BCUT2D eigenvalue weighted by Gasteiger charge is 2.31. The molecule has 0 N–H and O–H groups in total. The molecule has 0 saturated carbocycles. The van der Waals surface area contributed by atoms with Gasteiger partial charge in [0.25, 0.3) is 5.69 Å². The Morgan fingerprint density at radius 1 is 1.11 bits per heavy atom. The van der Waals surface area contributed by atoms with Crippen LogP contribution in [0.15, 0.2) is 65.8 Å². The maximum absolute atomic E-state index is 13.3. The van der Waals surface area contributed by atoms with E-state index >= 15 is 0 Å². The predicted molar refractivity (Wildman–Crippen MR) is 123 cm³/mol. The summed E-state index contributed by atoms with van der Waals surface area (Å²) >= 11 is 1.28. The van der Waals surface area contributed by atoms with Gasteiger partial charge in [0.1, 0.15) is 5.75 Å². The Hall–Kier alpha value is -3.57. The summed E-state index contributed by atoms with van der Waals surface area (Å²) in [5.74, 6) is 0.799. The number of benzene rings is 3. The Morgan fingerprint density at radius 3 is 2.66 bits per heavy atom. The number of hydrogen-bond donors (Lipinski definition) is 0. The summed E-state index contributed by atoms with van der Waals surface area (Å²) < 4.78 is 52.6. The number of non-ortho nitro benzene ring substituents is 1. The minimum Gasteiger partial charge on any atom is -0.467 e. The Labute approximate surface area is 201 Å². The van der Waals surface area contributed by atoms with Gasteiger partial charge in [-0.05, 0) is 23.8 Å². The van der Waals surface area contributed by atoms with Crippen molar-refractivity contribution in [1.82, 2.24) is 9.55 Å². The smallest absolute Gasteiger partial charge is 0.416 e. The second-order valence-electron chi connectivity index (χ2n) is 7.92. The molecule has 0 spiro atoms. The van der Waals surface area contributed by atoms with Crippen molar-refractivity contribution in [3.8, 4) is 5.75 Å². The molecule has 11 heteroatoms. The largest absolute Gasteiger partial charge is 0.467 e. The lowest BCUT2D eigenvalue weighted by molar-refractivity contribution is -0.385. The average molecular weight is 501 g/mol. The zero-order valence-corrected chi connectivity index (χ0v) is 18.9. The number of rotatable bonds is 6. The molecule has 1 aromatic heterocycles. The van der Waals surface area contributed by atoms with Crippen molar-refractivity contribution in [3.05, 3.63) is 93.0 Å². The monoisotopic (exact) mass is 501 g/mol. The summed E-state index contributed by atoms with van der Waals surface area (Å²) in [6, 6.07) is 15.9. The van der Waals surface area contributed by atoms with E-state index < -0.39 is 16.7 Å². The van der Waals surface area contributed by atoms with E-state index in [1.54, 1.807) is 0 Å². The van der Waals surface area contributed by atoms with Gasteiger partial charge in [-0.1, -0.05) is 42.1 Å². The highest BCUT2D eigenvalue weighted by molar-refractivity contribution is 7.98. The van der Waals surface area contributed by atoms with Crippen molar-refractivity contribution in [1.29, 1.82) is 0 Å². The molecule has 1 aliphatic rings. The van der Waals surface area contributed by atoms with E-state index in [9.17, 15) is 23.3 Å². The van der Waals surface area contributed by atoms with Gasteiger partial charge in [0.2, 0.25) is 0 Å². The molecule has 4 aromatic rings. The van der Waals surface area contributed by atoms with E-state index in [0.717, 1.165) is 17.7 Å². The molecule has 2 heterocycles. The van der Waals surface area contributed by atoms with Crippen molar-refractivity contribution in [2.24, 2.45) is 0 Å². The quantitative estimate of drug-likeness (QED) is 0.179. The van der Waals surface area contributed by atoms with Crippen LogP contribution in [0, 0.1) is 10.1 Å². The number of halogens is 3. The number of nitro benzene ring substituents is 1. The molecule has 5 rings (SSSR count). The van der Waals surface area contributed by atoms with Crippen LogP contribution in [0.2, 0.25) is 0 Å². The van der Waals surface area contributed by atoms with Gasteiger partial charge in [0.05, 0.1) is 34.7 Å². The minimum atomic E-state index is -4.48. The van der Waals surface area contributed by atoms with Crippen LogP contribution in [0.25, 0.3) is 11.0 Å². The number of ether oxygens (including phenoxy) is 2. The van der Waals surface area contributed by atoms with Gasteiger partial charge < -0.3 is 14.0 Å². The Balaban J connectivity index is 1.54. The average Bonchev–Trinajstić information content (AvgIpc) is 3.19. The highest BCUT2D eigenvalue weighted by Crippen LogP contribution is 2.38. The normalized spacial score (nSPS) is 13.5. The molecule has 0 unspecified atom stereocenters. The fourth-order valence-corrected chi connectivity index (χ4v) is 4.93. The van der Waals surface area contributed by atoms with E-state index in [1.165, 1.54) is 30.0 Å². The molecule has 0 amide bonds. The number of aromatic nitrogens is 2. The lowest BCUT2D eigenvalue weighted by atomic mass is 10.1. The predicted octanol–water partition coefficient (Wildman–Crippen LogP) is 6.17. The molecular formula is C24H18F3N3O4S. The third kappa shape index (κ3) is 4.82. The van der Waals surface area contributed by atoms with E-state index in [-0.39, 0.29) is 30.4 Å². The van der Waals surface area contributed by atoms with Crippen molar-refractivity contribution >= 4 is 28.5 Å². The van der Waals surface area contributed by atoms with Crippen molar-refractivity contribution in [2.75, 3.05) is 6.79 Å². The number of alkyl halides is 3. The maximum Gasteiger partial charge on any atom is 0.416 e. The van der Waals surface area contributed by atoms with Crippen LogP contribution in [0.5, 0.6) is 5.75 Å². The van der Waals surface area contributed by atoms with Crippen molar-refractivity contribution in [2.45, 2.75) is 30.2 Å². The molecule has 0 fully saturated rings. The van der Waals surface area contributed by atoms with E-state index in [4.69, 9.17) is 9.47 Å². The highest BCUT2D eigenvalue weighted by atomic mass is 32.2. The van der Waals surface area contributed by atoms with Crippen LogP contribution < -0.4 is 4.74 Å². The van der Waals surface area contributed by atoms with Gasteiger partial charge in [0.15, 0.2) is 11.9 Å². The van der Waals surface area contributed by atoms with Crippen LogP contribution in [-0.4, -0.2) is 21.3 Å². The third-order valence-corrected chi connectivity index (χ3v) is 6.59. The molecule has 1 aliphatic heterocycles. The Morgan fingerprint density at radius 2 is 1.91 bits per heavy atom. The molecule has 0 radical (unpaired) electrons. The molecule has 0 saturated heterocycles. The molecule has 3 aromatic carbocycles. The van der Waals surface area contributed by atoms with Crippen LogP contribution in [0.1, 0.15) is 22.3 Å². The molecular weight excluding hydrogens is 483 g/mol. The molecule has 0 atom stereocenters. The van der Waals surface area contributed by atoms with E-state index in [2.05, 4.69) is 4.98 Å². The second-order valence-corrected chi connectivity index (χ2v) is 8.86. The lowest BCUT2D eigenvalue weighted by Gasteiger charge is -2.20.